The lowest BCUT2D eigenvalue weighted by atomic mass is 10.1. The highest BCUT2D eigenvalue weighted by molar-refractivity contribution is 5.87. The highest BCUT2D eigenvalue weighted by Gasteiger charge is 1.96. The first-order valence-electron chi connectivity index (χ1n) is 3.98. The molecule has 0 saturated carbocycles. The van der Waals surface area contributed by atoms with Gasteiger partial charge in [0, 0.05) is 31.6 Å². The highest BCUT2D eigenvalue weighted by atomic mass is 14.8. The molecule has 0 aliphatic carbocycles. The molecule has 0 aromatic heterocycles. The summed E-state index contributed by atoms with van der Waals surface area (Å²) in [5, 5.41) is 3.12. The van der Waals surface area contributed by atoms with Crippen molar-refractivity contribution in [1.29, 1.82) is 0 Å². The smallest absolute Gasteiger partial charge is 0.0426 e. The van der Waals surface area contributed by atoms with Gasteiger partial charge in [-0.1, -0.05) is 11.6 Å². The zero-order valence-electron chi connectivity index (χ0n) is 7.76. The van der Waals surface area contributed by atoms with Gasteiger partial charge in [0.1, 0.15) is 0 Å². The number of hydrogen-bond acceptors (Lipinski definition) is 2. The minimum absolute atomic E-state index is 1.12. The van der Waals surface area contributed by atoms with Gasteiger partial charge in [0.15, 0.2) is 0 Å². The fourth-order valence-corrected chi connectivity index (χ4v) is 1.16. The van der Waals surface area contributed by atoms with Gasteiger partial charge in [-0.2, -0.15) is 0 Å². The Bertz CT molecular complexity index is 290. The van der Waals surface area contributed by atoms with Gasteiger partial charge in [-0.05, 0) is 19.1 Å². The Morgan fingerprint density at radius 3 is 2.75 bits per heavy atom. The first-order valence-corrected chi connectivity index (χ1v) is 3.98. The number of aryl methyl sites for hydroxylation is 1. The molecule has 2 nitrogen and oxygen atoms in total. The summed E-state index contributed by atoms with van der Waals surface area (Å²) in [4.78, 5) is 3.99. The van der Waals surface area contributed by atoms with Crippen molar-refractivity contribution in [2.45, 2.75) is 6.92 Å². The molecular weight excluding hydrogens is 148 g/mol. The van der Waals surface area contributed by atoms with Crippen molar-refractivity contribution in [3.8, 4) is 0 Å². The van der Waals surface area contributed by atoms with Gasteiger partial charge in [0.05, 0.1) is 0 Å². The molecule has 0 atom stereocenters. The summed E-state index contributed by atoms with van der Waals surface area (Å²) >= 11 is 0. The first-order chi connectivity index (χ1) is 5.77. The van der Waals surface area contributed by atoms with Crippen LogP contribution in [-0.2, 0) is 0 Å². The van der Waals surface area contributed by atoms with E-state index in [9.17, 15) is 0 Å². The van der Waals surface area contributed by atoms with E-state index in [2.05, 4.69) is 35.4 Å². The van der Waals surface area contributed by atoms with Gasteiger partial charge in [-0.25, -0.2) is 0 Å². The second kappa shape index (κ2) is 3.90. The lowest BCUT2D eigenvalue weighted by Gasteiger charge is -2.04. The predicted octanol–water partition coefficient (Wildman–Crippen LogP) is 2.09. The summed E-state index contributed by atoms with van der Waals surface area (Å²) in [5.74, 6) is 0. The maximum Gasteiger partial charge on any atom is 0.0426 e. The molecule has 0 unspecified atom stereocenters. The number of aliphatic imine (C=N–C) groups is 1. The predicted molar refractivity (Wildman–Crippen MR) is 54.2 cm³/mol. The number of anilines is 1. The van der Waals surface area contributed by atoms with Crippen LogP contribution in [0.3, 0.4) is 0 Å². The summed E-state index contributed by atoms with van der Waals surface area (Å²) < 4.78 is 0. The molecule has 64 valence electrons. The maximum absolute atomic E-state index is 3.99. The molecule has 1 aromatic carbocycles. The largest absolute Gasteiger partial charge is 0.388 e. The second-order valence-corrected chi connectivity index (χ2v) is 2.73. The van der Waals surface area contributed by atoms with Crippen LogP contribution in [0, 0.1) is 6.92 Å². The van der Waals surface area contributed by atoms with Gasteiger partial charge in [0.25, 0.3) is 0 Å². The monoisotopic (exact) mass is 162 g/mol. The molecule has 2 heteroatoms. The van der Waals surface area contributed by atoms with E-state index in [0.717, 1.165) is 11.3 Å². The summed E-state index contributed by atoms with van der Waals surface area (Å²) in [7, 11) is 3.69. The van der Waals surface area contributed by atoms with E-state index in [1.807, 2.05) is 13.3 Å². The number of nitrogens with zero attached hydrogens (tertiary/aromatic N) is 1. The third kappa shape index (κ3) is 1.84. The van der Waals surface area contributed by atoms with Crippen molar-refractivity contribution in [3.05, 3.63) is 29.3 Å². The van der Waals surface area contributed by atoms with Crippen LogP contribution in [0.5, 0.6) is 0 Å². The van der Waals surface area contributed by atoms with E-state index in [1.165, 1.54) is 5.56 Å². The lowest BCUT2D eigenvalue weighted by Crippen LogP contribution is -1.94. The fraction of sp³-hybridized carbons (Fsp3) is 0.300. The van der Waals surface area contributed by atoms with E-state index < -0.39 is 0 Å². The Labute approximate surface area is 73.3 Å². The third-order valence-corrected chi connectivity index (χ3v) is 1.74. The first kappa shape index (κ1) is 8.78. The molecule has 0 aliphatic heterocycles. The van der Waals surface area contributed by atoms with Gasteiger partial charge in [-0.3, -0.25) is 4.99 Å². The van der Waals surface area contributed by atoms with E-state index in [4.69, 9.17) is 0 Å². The molecule has 1 aromatic rings. The molecule has 0 amide bonds. The molecule has 0 saturated heterocycles. The quantitative estimate of drug-likeness (QED) is 0.661. The van der Waals surface area contributed by atoms with Gasteiger partial charge in [-0.15, -0.1) is 0 Å². The Morgan fingerprint density at radius 1 is 1.42 bits per heavy atom. The third-order valence-electron chi connectivity index (χ3n) is 1.74. The number of hydrogen-bond donors (Lipinski definition) is 1. The van der Waals surface area contributed by atoms with Gasteiger partial charge in [0.2, 0.25) is 0 Å². The SMILES string of the molecule is CN=Cc1cc(C)ccc1NC. The minimum atomic E-state index is 1.12. The van der Waals surface area contributed by atoms with Crippen LogP contribution in [-0.4, -0.2) is 20.3 Å². The van der Waals surface area contributed by atoms with Crippen LogP contribution in [0.4, 0.5) is 5.69 Å². The van der Waals surface area contributed by atoms with Crippen molar-refractivity contribution < 1.29 is 0 Å². The van der Waals surface area contributed by atoms with E-state index in [-0.39, 0.29) is 0 Å². The Kier molecular flexibility index (Phi) is 2.86. The molecule has 0 aliphatic rings. The zero-order valence-corrected chi connectivity index (χ0v) is 7.76. The van der Waals surface area contributed by atoms with Gasteiger partial charge >= 0.3 is 0 Å². The molecule has 1 rings (SSSR count). The molecule has 0 spiro atoms. The average Bonchev–Trinajstić information content (AvgIpc) is 2.05. The average molecular weight is 162 g/mol. The molecule has 0 bridgehead atoms. The summed E-state index contributed by atoms with van der Waals surface area (Å²) in [6.45, 7) is 2.08. The van der Waals surface area contributed by atoms with Crippen molar-refractivity contribution in [1.82, 2.24) is 0 Å². The normalized spacial score (nSPS) is 10.6. The van der Waals surface area contributed by atoms with Crippen LogP contribution < -0.4 is 5.32 Å². The molecule has 0 heterocycles. The van der Waals surface area contributed by atoms with Crippen LogP contribution in [0.25, 0.3) is 0 Å². The number of rotatable bonds is 2. The maximum atomic E-state index is 3.99. The van der Waals surface area contributed by atoms with Crippen molar-refractivity contribution in [2.24, 2.45) is 4.99 Å². The number of nitrogens with one attached hydrogen (secondary N) is 1. The molecule has 12 heavy (non-hydrogen) atoms. The summed E-state index contributed by atoms with van der Waals surface area (Å²) in [5.41, 5.74) is 3.51. The van der Waals surface area contributed by atoms with Crippen LogP contribution in [0.15, 0.2) is 23.2 Å². The fourth-order valence-electron chi connectivity index (χ4n) is 1.16. The van der Waals surface area contributed by atoms with Crippen molar-refractivity contribution in [3.63, 3.8) is 0 Å². The van der Waals surface area contributed by atoms with E-state index in [1.54, 1.807) is 7.05 Å². The minimum Gasteiger partial charge on any atom is -0.388 e. The molecule has 1 N–H and O–H groups in total. The van der Waals surface area contributed by atoms with Gasteiger partial charge < -0.3 is 5.32 Å². The second-order valence-electron chi connectivity index (χ2n) is 2.73. The zero-order chi connectivity index (χ0) is 8.97. The van der Waals surface area contributed by atoms with Crippen LogP contribution in [0.2, 0.25) is 0 Å². The molecule has 0 radical (unpaired) electrons. The molecule has 0 fully saturated rings. The van der Waals surface area contributed by atoms with Crippen molar-refractivity contribution >= 4 is 11.9 Å². The van der Waals surface area contributed by atoms with E-state index >= 15 is 0 Å². The highest BCUT2D eigenvalue weighted by Crippen LogP contribution is 2.14. The lowest BCUT2D eigenvalue weighted by molar-refractivity contribution is 1.40. The van der Waals surface area contributed by atoms with Crippen LogP contribution in [0.1, 0.15) is 11.1 Å². The topological polar surface area (TPSA) is 24.4 Å². The van der Waals surface area contributed by atoms with Crippen LogP contribution >= 0.6 is 0 Å². The Morgan fingerprint density at radius 2 is 2.17 bits per heavy atom. The Hall–Kier alpha value is -1.31. The van der Waals surface area contributed by atoms with Crippen molar-refractivity contribution in [2.75, 3.05) is 19.4 Å². The molecular formula is C10H14N2. The number of benzene rings is 1. The standard InChI is InChI=1S/C10H14N2/c1-8-4-5-10(12-3)9(6-8)7-11-2/h4-7,12H,1-3H3. The summed E-state index contributed by atoms with van der Waals surface area (Å²) in [6.07, 6.45) is 1.86. The Balaban J connectivity index is 3.12. The van der Waals surface area contributed by atoms with E-state index in [0.29, 0.717) is 0 Å². The summed E-state index contributed by atoms with van der Waals surface area (Å²) in [6, 6.07) is 6.25.